The topological polar surface area (TPSA) is 75.5 Å². The third-order valence-electron chi connectivity index (χ3n) is 6.46. The lowest BCUT2D eigenvalue weighted by molar-refractivity contribution is -0.130. The summed E-state index contributed by atoms with van der Waals surface area (Å²) >= 11 is 0. The normalized spacial score (nSPS) is 22.5. The first kappa shape index (κ1) is 20.3. The van der Waals surface area contributed by atoms with Crippen molar-refractivity contribution in [1.82, 2.24) is 19.0 Å². The third kappa shape index (κ3) is 4.54. The van der Waals surface area contributed by atoms with Crippen LogP contribution in [-0.4, -0.2) is 65.7 Å². The van der Waals surface area contributed by atoms with Crippen LogP contribution in [0.5, 0.6) is 0 Å². The molecular weight excluding hydrogens is 364 g/mol. The lowest BCUT2D eigenvalue weighted by Crippen LogP contribution is -2.40. The molecule has 2 saturated heterocycles. The molecule has 1 atom stereocenters. The maximum Gasteiger partial charge on any atom is 0.222 e. The van der Waals surface area contributed by atoms with Crippen molar-refractivity contribution in [3.8, 4) is 0 Å². The van der Waals surface area contributed by atoms with Gasteiger partial charge in [0.15, 0.2) is 0 Å². The Hall–Kier alpha value is -1.41. The van der Waals surface area contributed by atoms with Gasteiger partial charge in [-0.1, -0.05) is 0 Å². The van der Waals surface area contributed by atoms with Crippen LogP contribution in [0, 0.1) is 25.7 Å². The van der Waals surface area contributed by atoms with Gasteiger partial charge < -0.3 is 4.90 Å². The molecule has 152 valence electrons. The first-order valence-corrected chi connectivity index (χ1v) is 11.7. The molecule has 0 saturated carbocycles. The fourth-order valence-corrected chi connectivity index (χ4v) is 5.52. The number of piperidine rings is 1. The second kappa shape index (κ2) is 7.91. The number of likely N-dealkylation sites (tertiary alicyclic amines) is 1. The van der Waals surface area contributed by atoms with Crippen molar-refractivity contribution in [1.29, 1.82) is 0 Å². The highest BCUT2D eigenvalue weighted by molar-refractivity contribution is 7.88. The number of hydrogen-bond donors (Lipinski definition) is 0. The molecule has 0 spiro atoms. The van der Waals surface area contributed by atoms with E-state index in [1.165, 1.54) is 11.8 Å². The average molecular weight is 397 g/mol. The van der Waals surface area contributed by atoms with Gasteiger partial charge in [-0.25, -0.2) is 12.7 Å². The number of rotatable bonds is 5. The minimum absolute atomic E-state index is 0.230. The lowest BCUT2D eigenvalue weighted by Gasteiger charge is -2.33. The molecule has 0 aromatic carbocycles. The number of hydrogen-bond acceptors (Lipinski definition) is 4. The maximum absolute atomic E-state index is 12.7. The Morgan fingerprint density at radius 3 is 2.30 bits per heavy atom. The van der Waals surface area contributed by atoms with Gasteiger partial charge in [0.05, 0.1) is 11.9 Å². The van der Waals surface area contributed by atoms with Crippen molar-refractivity contribution in [2.75, 3.05) is 32.4 Å². The van der Waals surface area contributed by atoms with Crippen LogP contribution in [0.3, 0.4) is 0 Å². The molecule has 2 aliphatic rings. The summed E-state index contributed by atoms with van der Waals surface area (Å²) in [6.45, 7) is 6.95. The second-order valence-corrected chi connectivity index (χ2v) is 10.1. The van der Waals surface area contributed by atoms with E-state index in [0.717, 1.165) is 50.2 Å². The van der Waals surface area contributed by atoms with Gasteiger partial charge in [-0.15, -0.1) is 0 Å². The standard InChI is InChI=1S/C19H32N4O3S/c1-14-18(15(2)21(3)20-14)5-6-19(24)22-10-7-17(13-22)16-8-11-23(12-9-16)27(4,25)26/h16-17H,5-13H2,1-4H3. The van der Waals surface area contributed by atoms with Crippen molar-refractivity contribution in [3.63, 3.8) is 0 Å². The Labute approximate surface area is 162 Å². The zero-order valence-electron chi connectivity index (χ0n) is 16.9. The Balaban J connectivity index is 1.49. The van der Waals surface area contributed by atoms with E-state index < -0.39 is 10.0 Å². The van der Waals surface area contributed by atoms with E-state index in [1.807, 2.05) is 23.6 Å². The maximum atomic E-state index is 12.7. The molecule has 1 amide bonds. The molecular formula is C19H32N4O3S. The lowest BCUT2D eigenvalue weighted by atomic mass is 9.84. The summed E-state index contributed by atoms with van der Waals surface area (Å²) in [5.41, 5.74) is 3.34. The van der Waals surface area contributed by atoms with Crippen molar-refractivity contribution in [2.45, 2.75) is 46.0 Å². The SMILES string of the molecule is Cc1nn(C)c(C)c1CCC(=O)N1CCC(C2CCN(S(C)(=O)=O)CC2)C1. The molecule has 3 rings (SSSR count). The highest BCUT2D eigenvalue weighted by Gasteiger charge is 2.35. The van der Waals surface area contributed by atoms with Crippen molar-refractivity contribution in [2.24, 2.45) is 18.9 Å². The number of sulfonamides is 1. The Kier molecular flexibility index (Phi) is 5.96. The monoisotopic (exact) mass is 396 g/mol. The number of aromatic nitrogens is 2. The molecule has 3 heterocycles. The Morgan fingerprint density at radius 1 is 1.11 bits per heavy atom. The van der Waals surface area contributed by atoms with E-state index >= 15 is 0 Å². The molecule has 27 heavy (non-hydrogen) atoms. The molecule has 0 aliphatic carbocycles. The van der Waals surface area contributed by atoms with E-state index in [9.17, 15) is 13.2 Å². The van der Waals surface area contributed by atoms with Gasteiger partial charge in [0.2, 0.25) is 15.9 Å². The summed E-state index contributed by atoms with van der Waals surface area (Å²) < 4.78 is 26.8. The molecule has 0 radical (unpaired) electrons. The van der Waals surface area contributed by atoms with Gasteiger partial charge in [0.25, 0.3) is 0 Å². The van der Waals surface area contributed by atoms with Crippen LogP contribution >= 0.6 is 0 Å². The molecule has 1 aromatic heterocycles. The first-order valence-electron chi connectivity index (χ1n) is 9.88. The summed E-state index contributed by atoms with van der Waals surface area (Å²) in [7, 11) is -1.14. The number of aryl methyl sites for hydroxylation is 2. The molecule has 2 aliphatic heterocycles. The van der Waals surface area contributed by atoms with E-state index in [4.69, 9.17) is 0 Å². The van der Waals surface area contributed by atoms with Gasteiger partial charge in [0, 0.05) is 45.3 Å². The highest BCUT2D eigenvalue weighted by atomic mass is 32.2. The Bertz CT molecular complexity index is 794. The predicted octanol–water partition coefficient (Wildman–Crippen LogP) is 1.49. The molecule has 8 heteroatoms. The first-order chi connectivity index (χ1) is 12.7. The third-order valence-corrected chi connectivity index (χ3v) is 7.76. The summed E-state index contributed by atoms with van der Waals surface area (Å²) in [6, 6.07) is 0. The minimum Gasteiger partial charge on any atom is -0.342 e. The predicted molar refractivity (Wildman–Crippen MR) is 105 cm³/mol. The summed E-state index contributed by atoms with van der Waals surface area (Å²) in [4.78, 5) is 14.7. The van der Waals surface area contributed by atoms with Gasteiger partial charge >= 0.3 is 0 Å². The van der Waals surface area contributed by atoms with Crippen molar-refractivity contribution < 1.29 is 13.2 Å². The average Bonchev–Trinajstić information content (AvgIpc) is 3.19. The number of amides is 1. The zero-order valence-corrected chi connectivity index (χ0v) is 17.8. The highest BCUT2D eigenvalue weighted by Crippen LogP contribution is 2.32. The van der Waals surface area contributed by atoms with Crippen LogP contribution in [0.15, 0.2) is 0 Å². The summed E-state index contributed by atoms with van der Waals surface area (Å²) in [5, 5.41) is 4.43. The molecule has 7 nitrogen and oxygen atoms in total. The van der Waals surface area contributed by atoms with Crippen molar-refractivity contribution >= 4 is 15.9 Å². The fraction of sp³-hybridized carbons (Fsp3) is 0.789. The van der Waals surface area contributed by atoms with E-state index in [1.54, 1.807) is 4.31 Å². The minimum atomic E-state index is -3.07. The summed E-state index contributed by atoms with van der Waals surface area (Å²) in [6.07, 6.45) is 5.43. The second-order valence-electron chi connectivity index (χ2n) is 8.16. The molecule has 2 fully saturated rings. The van der Waals surface area contributed by atoms with Crippen LogP contribution in [-0.2, 0) is 28.3 Å². The van der Waals surface area contributed by atoms with Crippen molar-refractivity contribution in [3.05, 3.63) is 17.0 Å². The number of nitrogens with zero attached hydrogens (tertiary/aromatic N) is 4. The van der Waals surface area contributed by atoms with Gasteiger partial charge in [-0.05, 0) is 56.9 Å². The van der Waals surface area contributed by atoms with Gasteiger partial charge in [-0.2, -0.15) is 5.10 Å². The fourth-order valence-electron chi connectivity index (χ4n) is 4.65. The van der Waals surface area contributed by atoms with Crippen LogP contribution in [0.1, 0.15) is 42.6 Å². The smallest absolute Gasteiger partial charge is 0.222 e. The van der Waals surface area contributed by atoms with Crippen LogP contribution in [0.2, 0.25) is 0 Å². The van der Waals surface area contributed by atoms with Crippen LogP contribution in [0.25, 0.3) is 0 Å². The molecule has 0 N–H and O–H groups in total. The van der Waals surface area contributed by atoms with E-state index in [0.29, 0.717) is 31.3 Å². The number of carbonyl (C=O) groups excluding carboxylic acids is 1. The van der Waals surface area contributed by atoms with E-state index in [-0.39, 0.29) is 5.91 Å². The zero-order chi connectivity index (χ0) is 19.8. The van der Waals surface area contributed by atoms with Gasteiger partial charge in [0.1, 0.15) is 0 Å². The number of carbonyl (C=O) groups is 1. The largest absolute Gasteiger partial charge is 0.342 e. The summed E-state index contributed by atoms with van der Waals surface area (Å²) in [5.74, 6) is 1.27. The quantitative estimate of drug-likeness (QED) is 0.756. The van der Waals surface area contributed by atoms with Gasteiger partial charge in [-0.3, -0.25) is 9.48 Å². The molecule has 0 bridgehead atoms. The molecule has 1 aromatic rings. The van der Waals surface area contributed by atoms with E-state index in [2.05, 4.69) is 12.0 Å². The Morgan fingerprint density at radius 2 is 1.74 bits per heavy atom. The van der Waals surface area contributed by atoms with Crippen LogP contribution < -0.4 is 0 Å². The van der Waals surface area contributed by atoms with Crippen LogP contribution in [0.4, 0.5) is 0 Å². The molecule has 1 unspecified atom stereocenters.